The van der Waals surface area contributed by atoms with Gasteiger partial charge in [0.1, 0.15) is 12.2 Å². The van der Waals surface area contributed by atoms with Gasteiger partial charge in [0.2, 0.25) is 12.7 Å². The zero-order valence-electron chi connectivity index (χ0n) is 25.8. The Hall–Kier alpha value is -1.20. The van der Waals surface area contributed by atoms with Gasteiger partial charge in [-0.25, -0.2) is 0 Å². The van der Waals surface area contributed by atoms with Crippen molar-refractivity contribution in [1.29, 1.82) is 0 Å². The highest BCUT2D eigenvalue weighted by molar-refractivity contribution is 5.46. The molecule has 2 heterocycles. The molecule has 0 bridgehead atoms. The van der Waals surface area contributed by atoms with E-state index in [0.717, 1.165) is 31.4 Å². The minimum Gasteiger partial charge on any atom is -0.400 e. The summed E-state index contributed by atoms with van der Waals surface area (Å²) in [4.78, 5) is 13.8. The number of carbonyl (C=O) groups is 1. The normalized spacial score (nSPS) is 32.5. The SMILES string of the molecule is CN(O)CCN.CO.NCCC(O)CNCC1CCC[C@@H](O[C@@H]2C(N)CC(NC=O)CC2O)O1.OC1COC(OF)C(O)C1. The number of hydrogen-bond acceptors (Lipinski definition) is 16. The smallest absolute Gasteiger partial charge is 0.223 e. The van der Waals surface area contributed by atoms with Crippen LogP contribution in [0.2, 0.25) is 0 Å². The van der Waals surface area contributed by atoms with Crippen molar-refractivity contribution in [3.8, 4) is 0 Å². The van der Waals surface area contributed by atoms with Crippen molar-refractivity contribution in [3.63, 3.8) is 0 Å². The average molecular weight is 649 g/mol. The molecule has 17 nitrogen and oxygen atoms in total. The first-order valence-electron chi connectivity index (χ1n) is 14.9. The molecule has 3 rings (SSSR count). The van der Waals surface area contributed by atoms with Crippen LogP contribution in [0.4, 0.5) is 4.53 Å². The molecule has 0 aromatic carbocycles. The number of aliphatic hydroxyl groups is 5. The van der Waals surface area contributed by atoms with Gasteiger partial charge in [-0.15, -0.1) is 0 Å². The summed E-state index contributed by atoms with van der Waals surface area (Å²) in [6.07, 6.45) is -0.159. The molecule has 44 heavy (non-hydrogen) atoms. The number of nitrogens with two attached hydrogens (primary N) is 3. The van der Waals surface area contributed by atoms with Gasteiger partial charge in [-0.1, -0.05) is 0 Å². The van der Waals surface area contributed by atoms with E-state index in [-0.39, 0.29) is 31.2 Å². The van der Waals surface area contributed by atoms with Gasteiger partial charge >= 0.3 is 0 Å². The predicted octanol–water partition coefficient (Wildman–Crippen LogP) is -3.61. The van der Waals surface area contributed by atoms with Crippen molar-refractivity contribution in [3.05, 3.63) is 0 Å². The first-order chi connectivity index (χ1) is 21.0. The summed E-state index contributed by atoms with van der Waals surface area (Å²) in [5.41, 5.74) is 16.6. The number of hydroxylamine groups is 2. The van der Waals surface area contributed by atoms with Gasteiger partial charge in [0.15, 0.2) is 6.29 Å². The lowest BCUT2D eigenvalue weighted by molar-refractivity contribution is -0.324. The molecule has 3 fully saturated rings. The summed E-state index contributed by atoms with van der Waals surface area (Å²) in [5.74, 6) is 0. The molecule has 8 unspecified atom stereocenters. The molecule has 1 amide bonds. The van der Waals surface area contributed by atoms with Crippen molar-refractivity contribution in [2.24, 2.45) is 17.2 Å². The molecule has 18 heteroatoms. The fourth-order valence-electron chi connectivity index (χ4n) is 4.73. The van der Waals surface area contributed by atoms with E-state index in [4.69, 9.17) is 47.2 Å². The third kappa shape index (κ3) is 18.7. The van der Waals surface area contributed by atoms with Gasteiger partial charge < -0.3 is 72.8 Å². The zero-order valence-corrected chi connectivity index (χ0v) is 25.8. The fourth-order valence-corrected chi connectivity index (χ4v) is 4.73. The maximum Gasteiger partial charge on any atom is 0.223 e. The average Bonchev–Trinajstić information content (AvgIpc) is 2.97. The van der Waals surface area contributed by atoms with E-state index in [1.54, 1.807) is 7.05 Å². The Bertz CT molecular complexity index is 684. The van der Waals surface area contributed by atoms with Crippen molar-refractivity contribution < 1.29 is 59.2 Å². The quantitative estimate of drug-likeness (QED) is 0.0679. The summed E-state index contributed by atoms with van der Waals surface area (Å²) >= 11 is 0. The third-order valence-corrected chi connectivity index (χ3v) is 6.88. The summed E-state index contributed by atoms with van der Waals surface area (Å²) < 4.78 is 27.9. The second-order valence-electron chi connectivity index (χ2n) is 10.7. The first-order valence-corrected chi connectivity index (χ1v) is 14.9. The van der Waals surface area contributed by atoms with Crippen LogP contribution < -0.4 is 27.8 Å². The number of nitrogens with zero attached hydrogens (tertiary/aromatic N) is 1. The zero-order chi connectivity index (χ0) is 33.5. The Morgan fingerprint density at radius 3 is 2.34 bits per heavy atom. The molecule has 10 atom stereocenters. The van der Waals surface area contributed by atoms with Gasteiger partial charge in [-0.2, -0.15) is 10.0 Å². The van der Waals surface area contributed by atoms with Crippen molar-refractivity contribution >= 4 is 6.41 Å². The van der Waals surface area contributed by atoms with E-state index in [2.05, 4.69) is 20.3 Å². The van der Waals surface area contributed by atoms with E-state index < -0.39 is 43.1 Å². The molecule has 0 radical (unpaired) electrons. The van der Waals surface area contributed by atoms with Gasteiger partial charge in [0.05, 0.1) is 31.0 Å². The largest absolute Gasteiger partial charge is 0.400 e. The number of rotatable bonds is 13. The van der Waals surface area contributed by atoms with Crippen LogP contribution in [-0.2, 0) is 23.9 Å². The van der Waals surface area contributed by atoms with Crippen molar-refractivity contribution in [2.75, 3.05) is 53.5 Å². The van der Waals surface area contributed by atoms with Crippen LogP contribution >= 0.6 is 0 Å². The number of likely N-dealkylation sites (N-methyl/N-ethyl adjacent to an activating group) is 1. The van der Waals surface area contributed by atoms with Crippen molar-refractivity contribution in [1.82, 2.24) is 15.7 Å². The number of aliphatic hydroxyl groups excluding tert-OH is 5. The van der Waals surface area contributed by atoms with E-state index >= 15 is 0 Å². The highest BCUT2D eigenvalue weighted by Gasteiger charge is 2.38. The highest BCUT2D eigenvalue weighted by Crippen LogP contribution is 2.27. The summed E-state index contributed by atoms with van der Waals surface area (Å²) in [5, 5.41) is 60.0. The van der Waals surface area contributed by atoms with E-state index in [9.17, 15) is 19.5 Å². The maximum absolute atomic E-state index is 11.4. The summed E-state index contributed by atoms with van der Waals surface area (Å²) in [7, 11) is 2.56. The standard InChI is InChI=1S/C17H34N4O5.C5H9FO4.C3H10N2O.CH4O/c18-5-4-12(23)8-20-9-13-2-1-3-16(25-13)26-17-14(19)6-11(21-10-22)7-15(17)24;6-10-5-4(8)1-3(7)2-9-5;1-5(6)3-2-4;1-2/h10-17,20,23-24H,1-9,18-19H2,(H,21,22);3-5,7-8H,1-2H2;6H,2-4H2,1H3;2H,1H3/t11?,12?,13?,14?,15?,16-,17-;;;/m1.../s1. The molecule has 2 aliphatic heterocycles. The molecule has 1 saturated carbocycles. The van der Waals surface area contributed by atoms with E-state index in [1.165, 1.54) is 0 Å². The third-order valence-electron chi connectivity index (χ3n) is 6.88. The van der Waals surface area contributed by atoms with Gasteiger partial charge in [0, 0.05) is 58.8 Å². The number of halogens is 1. The Balaban J connectivity index is 0.000000838. The van der Waals surface area contributed by atoms with Crippen LogP contribution in [-0.4, -0.2) is 157 Å². The van der Waals surface area contributed by atoms with Crippen LogP contribution in [0, 0.1) is 0 Å². The van der Waals surface area contributed by atoms with E-state index in [0.29, 0.717) is 58.4 Å². The molecule has 3 aliphatic rings. The number of carbonyl (C=O) groups excluding carboxylic acids is 1. The van der Waals surface area contributed by atoms with Crippen LogP contribution in [0.1, 0.15) is 44.9 Å². The van der Waals surface area contributed by atoms with Gasteiger partial charge in [0.25, 0.3) is 0 Å². The molecular formula is C26H57FN6O11. The number of nitrogens with one attached hydrogen (secondary N) is 2. The van der Waals surface area contributed by atoms with Crippen LogP contribution in [0.15, 0.2) is 0 Å². The number of hydrogen-bond donors (Lipinski definition) is 11. The van der Waals surface area contributed by atoms with Crippen LogP contribution in [0.3, 0.4) is 0 Å². The van der Waals surface area contributed by atoms with Crippen molar-refractivity contribution in [2.45, 2.75) is 106 Å². The molecular weight excluding hydrogens is 591 g/mol. The monoisotopic (exact) mass is 648 g/mol. The lowest BCUT2D eigenvalue weighted by atomic mass is 9.86. The molecule has 0 aromatic heterocycles. The van der Waals surface area contributed by atoms with E-state index in [1.807, 2.05) is 0 Å². The minimum absolute atomic E-state index is 0.000243. The highest BCUT2D eigenvalue weighted by atomic mass is 19.3. The molecule has 1 aliphatic carbocycles. The predicted molar refractivity (Wildman–Crippen MR) is 156 cm³/mol. The summed E-state index contributed by atoms with van der Waals surface area (Å²) in [6.45, 7) is 2.64. The molecule has 2 saturated heterocycles. The minimum atomic E-state index is -1.23. The second-order valence-corrected chi connectivity index (χ2v) is 10.7. The topological polar surface area (TPSA) is 281 Å². The first kappa shape index (κ1) is 42.8. The molecule has 0 aromatic rings. The molecule has 0 spiro atoms. The Labute approximate surface area is 258 Å². The van der Waals surface area contributed by atoms with Crippen LogP contribution in [0.25, 0.3) is 0 Å². The van der Waals surface area contributed by atoms with Crippen LogP contribution in [0.5, 0.6) is 0 Å². The molecule has 14 N–H and O–H groups in total. The lowest BCUT2D eigenvalue weighted by Gasteiger charge is -2.40. The van der Waals surface area contributed by atoms with Gasteiger partial charge in [-0.3, -0.25) is 4.79 Å². The number of amides is 1. The Morgan fingerprint density at radius 1 is 1.11 bits per heavy atom. The fraction of sp³-hybridized carbons (Fsp3) is 0.962. The second kappa shape index (κ2) is 25.9. The lowest BCUT2D eigenvalue weighted by Crippen LogP contribution is -2.56. The molecule has 264 valence electrons. The Kier molecular flexibility index (Phi) is 25.2. The number of ether oxygens (including phenoxy) is 3. The van der Waals surface area contributed by atoms with Gasteiger partial charge in [-0.05, 0) is 49.6 Å². The summed E-state index contributed by atoms with van der Waals surface area (Å²) in [6, 6.07) is -0.480. The Morgan fingerprint density at radius 2 is 1.82 bits per heavy atom. The maximum atomic E-state index is 11.4.